The summed E-state index contributed by atoms with van der Waals surface area (Å²) in [5.74, 6) is -1.56. The number of carbonyl (C=O) groups excluding carboxylic acids is 1. The highest BCUT2D eigenvalue weighted by atomic mass is 32.3. The van der Waals surface area contributed by atoms with Gasteiger partial charge in [-0.05, 0) is 99.5 Å². The first-order valence-corrected chi connectivity index (χ1v) is 14.2. The van der Waals surface area contributed by atoms with Crippen LogP contribution in [0.2, 0.25) is 0 Å². The summed E-state index contributed by atoms with van der Waals surface area (Å²) in [7, 11) is -4.26. The molecule has 1 aliphatic carbocycles. The number of fused-ring (bicyclic) bond motifs is 1. The minimum absolute atomic E-state index is 0.0765. The third-order valence-electron chi connectivity index (χ3n) is 5.75. The van der Waals surface area contributed by atoms with Gasteiger partial charge in [-0.15, -0.1) is 11.3 Å². The molecule has 0 saturated heterocycles. The molecule has 4 rings (SSSR count). The van der Waals surface area contributed by atoms with Crippen LogP contribution < -0.4 is 3.71 Å². The number of carbonyl (C=O) groups is 1. The van der Waals surface area contributed by atoms with Gasteiger partial charge in [-0.25, -0.2) is 22.0 Å². The molecule has 0 spiro atoms. The second-order valence-electron chi connectivity index (χ2n) is 8.25. The van der Waals surface area contributed by atoms with Crippen LogP contribution in [0.25, 0.3) is 0 Å². The summed E-state index contributed by atoms with van der Waals surface area (Å²) >= 11 is 2.15. The zero-order valence-electron chi connectivity index (χ0n) is 19.6. The van der Waals surface area contributed by atoms with Crippen LogP contribution in [-0.4, -0.2) is 21.0 Å². The van der Waals surface area contributed by atoms with E-state index in [-0.39, 0.29) is 27.6 Å². The molecule has 1 heterocycles. The van der Waals surface area contributed by atoms with Crippen LogP contribution >= 0.6 is 23.3 Å². The van der Waals surface area contributed by atoms with Gasteiger partial charge < -0.3 is 4.74 Å². The SMILES string of the molecule is CCOC(=O)c1c(N(Sc2ccc(F)cc2C)S(=O)(=O)c2ccc(F)cc2C)sc2c1CCCC2. The molecule has 0 atom stereocenters. The number of hydrogen-bond acceptors (Lipinski definition) is 6. The summed E-state index contributed by atoms with van der Waals surface area (Å²) in [5, 5.41) is 0.243. The number of benzene rings is 2. The zero-order valence-corrected chi connectivity index (χ0v) is 22.0. The average Bonchev–Trinajstić information content (AvgIpc) is 3.17. The fraction of sp³-hybridized carbons (Fsp3) is 0.320. The van der Waals surface area contributed by atoms with Gasteiger partial charge in [-0.1, -0.05) is 0 Å². The second kappa shape index (κ2) is 10.3. The number of esters is 1. The van der Waals surface area contributed by atoms with Gasteiger partial charge in [-0.3, -0.25) is 0 Å². The van der Waals surface area contributed by atoms with E-state index < -0.39 is 27.6 Å². The maximum absolute atomic E-state index is 14.1. The quantitative estimate of drug-likeness (QED) is 0.251. The number of anilines is 1. The van der Waals surface area contributed by atoms with Gasteiger partial charge in [0.05, 0.1) is 17.1 Å². The van der Waals surface area contributed by atoms with E-state index in [9.17, 15) is 22.0 Å². The number of ether oxygens (including phenoxy) is 1. The molecule has 1 aliphatic rings. The molecule has 10 heteroatoms. The first-order valence-electron chi connectivity index (χ1n) is 11.2. The topological polar surface area (TPSA) is 63.7 Å². The van der Waals surface area contributed by atoms with Crippen LogP contribution in [0.15, 0.2) is 46.2 Å². The molecule has 0 N–H and O–H groups in total. The van der Waals surface area contributed by atoms with Crippen molar-refractivity contribution in [1.29, 1.82) is 0 Å². The zero-order chi connectivity index (χ0) is 25.3. The van der Waals surface area contributed by atoms with Crippen LogP contribution in [0.5, 0.6) is 0 Å². The Morgan fingerprint density at radius 2 is 1.71 bits per heavy atom. The van der Waals surface area contributed by atoms with Crippen molar-refractivity contribution in [2.75, 3.05) is 10.3 Å². The second-order valence-corrected chi connectivity index (χ2v) is 12.3. The van der Waals surface area contributed by atoms with Crippen LogP contribution in [0.3, 0.4) is 0 Å². The van der Waals surface area contributed by atoms with E-state index in [0.717, 1.165) is 57.5 Å². The molecule has 3 aromatic rings. The molecule has 186 valence electrons. The Labute approximate surface area is 212 Å². The van der Waals surface area contributed by atoms with Crippen molar-refractivity contribution < 1.29 is 26.7 Å². The number of nitrogens with zero attached hydrogens (tertiary/aromatic N) is 1. The number of sulfonamides is 1. The van der Waals surface area contributed by atoms with E-state index >= 15 is 0 Å². The standard InChI is InChI=1S/C25H25F2NO4S3/c1-4-32-25(29)23-19-7-5-6-8-21(19)33-24(23)28(34-20-11-9-17(26)13-15(20)2)35(30,31)22-12-10-18(27)14-16(22)3/h9-14H,4-8H2,1-3H3. The van der Waals surface area contributed by atoms with Crippen molar-refractivity contribution in [3.63, 3.8) is 0 Å². The van der Waals surface area contributed by atoms with Crippen molar-refractivity contribution in [3.05, 3.63) is 75.2 Å². The van der Waals surface area contributed by atoms with Gasteiger partial charge in [0.1, 0.15) is 16.6 Å². The molecular formula is C25H25F2NO4S3. The van der Waals surface area contributed by atoms with Crippen molar-refractivity contribution in [1.82, 2.24) is 0 Å². The van der Waals surface area contributed by atoms with Gasteiger partial charge in [0.25, 0.3) is 10.0 Å². The number of halogens is 2. The number of rotatable bonds is 7. The Hall–Kier alpha value is -2.43. The molecule has 2 aromatic carbocycles. The normalized spacial score (nSPS) is 13.4. The highest BCUT2D eigenvalue weighted by molar-refractivity contribution is 8.14. The Bertz CT molecular complexity index is 1390. The molecule has 0 aliphatic heterocycles. The summed E-state index contributed by atoms with van der Waals surface area (Å²) in [6, 6.07) is 7.56. The highest BCUT2D eigenvalue weighted by Gasteiger charge is 2.36. The predicted octanol–water partition coefficient (Wildman–Crippen LogP) is 6.60. The third-order valence-corrected chi connectivity index (χ3v) is 10.7. The number of hydrogen-bond donors (Lipinski definition) is 0. The van der Waals surface area contributed by atoms with Crippen LogP contribution in [0.4, 0.5) is 13.8 Å². The van der Waals surface area contributed by atoms with E-state index in [2.05, 4.69) is 0 Å². The maximum Gasteiger partial charge on any atom is 0.341 e. The first-order chi connectivity index (χ1) is 16.6. The van der Waals surface area contributed by atoms with Crippen LogP contribution in [0.1, 0.15) is 51.7 Å². The van der Waals surface area contributed by atoms with Crippen molar-refractivity contribution in [2.45, 2.75) is 56.2 Å². The van der Waals surface area contributed by atoms with Crippen molar-refractivity contribution >= 4 is 44.3 Å². The van der Waals surface area contributed by atoms with E-state index in [4.69, 9.17) is 4.74 Å². The molecule has 5 nitrogen and oxygen atoms in total. The van der Waals surface area contributed by atoms with Crippen molar-refractivity contribution in [3.8, 4) is 0 Å². The van der Waals surface area contributed by atoms with Gasteiger partial charge in [0, 0.05) is 21.7 Å². The smallest absolute Gasteiger partial charge is 0.341 e. The lowest BCUT2D eigenvalue weighted by molar-refractivity contribution is 0.0526. The monoisotopic (exact) mass is 537 g/mol. The van der Waals surface area contributed by atoms with E-state index in [1.807, 2.05) is 0 Å². The summed E-state index contributed by atoms with van der Waals surface area (Å²) in [6.45, 7) is 5.05. The van der Waals surface area contributed by atoms with E-state index in [1.165, 1.54) is 42.5 Å². The largest absolute Gasteiger partial charge is 0.462 e. The third kappa shape index (κ3) is 5.10. The lowest BCUT2D eigenvalue weighted by atomic mass is 9.95. The minimum Gasteiger partial charge on any atom is -0.462 e. The van der Waals surface area contributed by atoms with E-state index in [0.29, 0.717) is 16.9 Å². The lowest BCUT2D eigenvalue weighted by Gasteiger charge is -2.24. The highest BCUT2D eigenvalue weighted by Crippen LogP contribution is 2.47. The Balaban J connectivity index is 1.95. The fourth-order valence-corrected chi connectivity index (χ4v) is 8.66. The molecule has 0 unspecified atom stereocenters. The van der Waals surface area contributed by atoms with Gasteiger partial charge in [-0.2, -0.15) is 3.71 Å². The summed E-state index contributed by atoms with van der Waals surface area (Å²) in [5.41, 5.74) is 1.86. The van der Waals surface area contributed by atoms with Crippen LogP contribution in [-0.2, 0) is 27.6 Å². The maximum atomic E-state index is 14.1. The first kappa shape index (κ1) is 25.7. The molecule has 1 aromatic heterocycles. The Kier molecular flexibility index (Phi) is 7.54. The Morgan fingerprint density at radius 1 is 1.06 bits per heavy atom. The molecule has 0 radical (unpaired) electrons. The summed E-state index contributed by atoms with van der Waals surface area (Å²) < 4.78 is 62.1. The minimum atomic E-state index is -4.26. The van der Waals surface area contributed by atoms with Gasteiger partial charge in [0.15, 0.2) is 0 Å². The summed E-state index contributed by atoms with van der Waals surface area (Å²) in [6.07, 6.45) is 3.24. The van der Waals surface area contributed by atoms with Crippen LogP contribution in [0, 0.1) is 25.5 Å². The molecule has 0 amide bonds. The number of thiophene rings is 1. The lowest BCUT2D eigenvalue weighted by Crippen LogP contribution is -2.26. The van der Waals surface area contributed by atoms with Gasteiger partial charge in [0.2, 0.25) is 0 Å². The molecule has 0 saturated carbocycles. The molecule has 0 fully saturated rings. The number of aryl methyl sites for hydroxylation is 3. The van der Waals surface area contributed by atoms with Gasteiger partial charge >= 0.3 is 5.97 Å². The molecule has 35 heavy (non-hydrogen) atoms. The van der Waals surface area contributed by atoms with E-state index in [1.54, 1.807) is 13.8 Å². The van der Waals surface area contributed by atoms with Crippen molar-refractivity contribution in [2.24, 2.45) is 0 Å². The Morgan fingerprint density at radius 3 is 2.37 bits per heavy atom. The fourth-order valence-electron chi connectivity index (χ4n) is 4.09. The molecule has 0 bridgehead atoms. The molecular weight excluding hydrogens is 512 g/mol. The summed E-state index contributed by atoms with van der Waals surface area (Å²) in [4.78, 5) is 14.5. The predicted molar refractivity (Wildman–Crippen MR) is 135 cm³/mol. The average molecular weight is 538 g/mol.